The molecule has 1 atom stereocenters. The summed E-state index contributed by atoms with van der Waals surface area (Å²) in [4.78, 5) is 0. The van der Waals surface area contributed by atoms with E-state index < -0.39 is 19.9 Å². The van der Waals surface area contributed by atoms with Crippen molar-refractivity contribution in [2.24, 2.45) is 5.41 Å². The summed E-state index contributed by atoms with van der Waals surface area (Å²) < 4.78 is 48.4. The van der Waals surface area contributed by atoms with Gasteiger partial charge in [-0.1, -0.05) is 0 Å². The molecule has 2 heterocycles. The fraction of sp³-hybridized carbons (Fsp3) is 1.00. The van der Waals surface area contributed by atoms with E-state index in [1.807, 2.05) is 0 Å². The molecule has 0 bridgehead atoms. The van der Waals surface area contributed by atoms with Gasteiger partial charge in [0.05, 0.1) is 11.5 Å². The molecule has 2 fully saturated rings. The third-order valence-corrected chi connectivity index (χ3v) is 7.32. The van der Waals surface area contributed by atoms with Crippen LogP contribution in [0.3, 0.4) is 0 Å². The largest absolute Gasteiger partial charge is 0.316 e. The van der Waals surface area contributed by atoms with Crippen LogP contribution in [0.2, 0.25) is 0 Å². The highest BCUT2D eigenvalue weighted by atomic mass is 32.2. The van der Waals surface area contributed by atoms with Gasteiger partial charge in [-0.2, -0.15) is 0 Å². The Morgan fingerprint density at radius 3 is 2.40 bits per heavy atom. The second-order valence-electron chi connectivity index (χ2n) is 6.16. The van der Waals surface area contributed by atoms with Gasteiger partial charge >= 0.3 is 0 Å². The molecule has 0 saturated carbocycles. The van der Waals surface area contributed by atoms with Crippen molar-refractivity contribution in [1.82, 2.24) is 9.62 Å². The number of nitrogens with zero attached hydrogens (tertiary/aromatic N) is 1. The van der Waals surface area contributed by atoms with Crippen LogP contribution in [0.4, 0.5) is 0 Å². The molecule has 0 radical (unpaired) electrons. The third-order valence-electron chi connectivity index (χ3n) is 4.29. The molecule has 2 aliphatic heterocycles. The molecule has 0 aliphatic carbocycles. The fourth-order valence-electron chi connectivity index (χ4n) is 3.16. The highest BCUT2D eigenvalue weighted by molar-refractivity contribution is 7.93. The highest BCUT2D eigenvalue weighted by Gasteiger charge is 2.40. The van der Waals surface area contributed by atoms with E-state index in [-0.39, 0.29) is 16.9 Å². The Labute approximate surface area is 121 Å². The first kappa shape index (κ1) is 16.2. The van der Waals surface area contributed by atoms with Crippen LogP contribution in [0, 0.1) is 5.41 Å². The first-order chi connectivity index (χ1) is 9.23. The van der Waals surface area contributed by atoms with Crippen molar-refractivity contribution in [1.29, 1.82) is 0 Å². The zero-order valence-corrected chi connectivity index (χ0v) is 13.6. The standard InChI is InChI=1S/C12H24N2O4S2/c1-19(15,16)8-9-20(17,18)14-7-3-5-12(11-14)4-2-6-13-10-12/h13H,2-11H2,1H3. The lowest BCUT2D eigenvalue weighted by molar-refractivity contribution is 0.110. The Morgan fingerprint density at radius 2 is 1.80 bits per heavy atom. The SMILES string of the molecule is CS(=O)(=O)CCS(=O)(=O)N1CCCC2(CCCNC2)C1. The van der Waals surface area contributed by atoms with E-state index in [9.17, 15) is 16.8 Å². The summed E-state index contributed by atoms with van der Waals surface area (Å²) in [5, 5.41) is 3.36. The molecule has 1 N–H and O–H groups in total. The minimum Gasteiger partial charge on any atom is -0.316 e. The Balaban J connectivity index is 2.04. The fourth-order valence-corrected chi connectivity index (χ4v) is 6.35. The molecule has 8 heteroatoms. The Bertz CT molecular complexity index is 530. The zero-order valence-electron chi connectivity index (χ0n) is 12.0. The van der Waals surface area contributed by atoms with E-state index in [0.29, 0.717) is 13.1 Å². The van der Waals surface area contributed by atoms with Gasteiger partial charge in [0.25, 0.3) is 0 Å². The average Bonchev–Trinajstić information content (AvgIpc) is 2.37. The van der Waals surface area contributed by atoms with Gasteiger partial charge in [0.15, 0.2) is 0 Å². The lowest BCUT2D eigenvalue weighted by Crippen LogP contribution is -2.53. The van der Waals surface area contributed by atoms with Gasteiger partial charge in [0, 0.05) is 25.9 Å². The Kier molecular flexibility index (Phi) is 4.78. The smallest absolute Gasteiger partial charge is 0.215 e. The molecule has 118 valence electrons. The minimum absolute atomic E-state index is 0.0503. The maximum atomic E-state index is 12.3. The average molecular weight is 324 g/mol. The molecule has 0 amide bonds. The summed E-state index contributed by atoms with van der Waals surface area (Å²) in [5.41, 5.74) is 0.0503. The summed E-state index contributed by atoms with van der Waals surface area (Å²) in [6.07, 6.45) is 5.12. The molecule has 0 aromatic carbocycles. The number of hydrogen-bond acceptors (Lipinski definition) is 5. The van der Waals surface area contributed by atoms with Crippen molar-refractivity contribution in [3.8, 4) is 0 Å². The van der Waals surface area contributed by atoms with Crippen LogP contribution in [0.25, 0.3) is 0 Å². The quantitative estimate of drug-likeness (QED) is 0.776. The van der Waals surface area contributed by atoms with Crippen molar-refractivity contribution in [3.05, 3.63) is 0 Å². The van der Waals surface area contributed by atoms with Crippen LogP contribution < -0.4 is 5.32 Å². The summed E-state index contributed by atoms with van der Waals surface area (Å²) in [6.45, 7) is 2.92. The van der Waals surface area contributed by atoms with Crippen LogP contribution in [-0.4, -0.2) is 65.1 Å². The van der Waals surface area contributed by atoms with E-state index in [4.69, 9.17) is 0 Å². The molecule has 0 aromatic rings. The van der Waals surface area contributed by atoms with Crippen LogP contribution >= 0.6 is 0 Å². The van der Waals surface area contributed by atoms with Crippen molar-refractivity contribution in [3.63, 3.8) is 0 Å². The molecule has 6 nitrogen and oxygen atoms in total. The maximum Gasteiger partial charge on any atom is 0.215 e. The normalized spacial score (nSPS) is 29.6. The monoisotopic (exact) mass is 324 g/mol. The first-order valence-electron chi connectivity index (χ1n) is 7.09. The lowest BCUT2D eigenvalue weighted by Gasteiger charge is -2.44. The van der Waals surface area contributed by atoms with Gasteiger partial charge in [0.2, 0.25) is 10.0 Å². The molecule has 0 aromatic heterocycles. The number of rotatable bonds is 4. The van der Waals surface area contributed by atoms with Crippen LogP contribution in [0.5, 0.6) is 0 Å². The molecular weight excluding hydrogens is 300 g/mol. The van der Waals surface area contributed by atoms with Crippen molar-refractivity contribution in [2.45, 2.75) is 25.7 Å². The number of hydrogen-bond donors (Lipinski definition) is 1. The lowest BCUT2D eigenvalue weighted by atomic mass is 9.75. The second-order valence-corrected chi connectivity index (χ2v) is 10.5. The van der Waals surface area contributed by atoms with Gasteiger partial charge in [-0.3, -0.25) is 0 Å². The predicted octanol–water partition coefficient (Wildman–Crippen LogP) is -0.174. The Hall–Kier alpha value is -0.180. The molecule has 1 spiro atoms. The van der Waals surface area contributed by atoms with Crippen molar-refractivity contribution in [2.75, 3.05) is 43.9 Å². The van der Waals surface area contributed by atoms with Crippen LogP contribution in [0.1, 0.15) is 25.7 Å². The summed E-state index contributed by atoms with van der Waals surface area (Å²) in [7, 11) is -6.71. The van der Waals surface area contributed by atoms with Gasteiger partial charge in [-0.05, 0) is 37.6 Å². The van der Waals surface area contributed by atoms with Crippen LogP contribution in [0.15, 0.2) is 0 Å². The zero-order chi connectivity index (χ0) is 14.9. The predicted molar refractivity (Wildman–Crippen MR) is 78.8 cm³/mol. The third kappa shape index (κ3) is 4.16. The molecule has 2 rings (SSSR count). The van der Waals surface area contributed by atoms with Gasteiger partial charge in [-0.15, -0.1) is 0 Å². The van der Waals surface area contributed by atoms with Crippen molar-refractivity contribution >= 4 is 19.9 Å². The van der Waals surface area contributed by atoms with E-state index in [2.05, 4.69) is 5.32 Å². The van der Waals surface area contributed by atoms with E-state index in [1.54, 1.807) is 0 Å². The van der Waals surface area contributed by atoms with E-state index in [0.717, 1.165) is 45.0 Å². The summed E-state index contributed by atoms with van der Waals surface area (Å²) in [5.74, 6) is -0.591. The number of nitrogens with one attached hydrogen (secondary N) is 1. The first-order valence-corrected chi connectivity index (χ1v) is 10.8. The maximum absolute atomic E-state index is 12.3. The van der Waals surface area contributed by atoms with Gasteiger partial charge in [-0.25, -0.2) is 21.1 Å². The topological polar surface area (TPSA) is 83.5 Å². The highest BCUT2D eigenvalue weighted by Crippen LogP contribution is 2.36. The molecular formula is C12H24N2O4S2. The summed E-state index contributed by atoms with van der Waals surface area (Å²) >= 11 is 0. The Morgan fingerprint density at radius 1 is 1.10 bits per heavy atom. The minimum atomic E-state index is -3.47. The van der Waals surface area contributed by atoms with Crippen molar-refractivity contribution < 1.29 is 16.8 Å². The number of piperidine rings is 2. The van der Waals surface area contributed by atoms with Crippen LogP contribution in [-0.2, 0) is 19.9 Å². The summed E-state index contributed by atoms with van der Waals surface area (Å²) in [6, 6.07) is 0. The van der Waals surface area contributed by atoms with E-state index in [1.165, 1.54) is 4.31 Å². The van der Waals surface area contributed by atoms with Gasteiger partial charge < -0.3 is 5.32 Å². The molecule has 1 unspecified atom stereocenters. The van der Waals surface area contributed by atoms with Gasteiger partial charge in [0.1, 0.15) is 9.84 Å². The van der Waals surface area contributed by atoms with E-state index >= 15 is 0 Å². The molecule has 2 saturated heterocycles. The molecule has 20 heavy (non-hydrogen) atoms. The second kappa shape index (κ2) is 5.90. The number of sulfonamides is 1. The molecule has 2 aliphatic rings. The number of sulfone groups is 1.